The molecule has 1 N–H and O–H groups in total. The number of likely N-dealkylation sites (tertiary alicyclic amines) is 1. The average Bonchev–Trinajstić information content (AvgIpc) is 3.44. The number of Topliss-reactive ketones (excluding diaryl/α,β-unsaturated/α-hetero) is 1. The molecule has 0 spiro atoms. The van der Waals surface area contributed by atoms with Crippen molar-refractivity contribution in [1.29, 1.82) is 0 Å². The van der Waals surface area contributed by atoms with E-state index >= 15 is 0 Å². The fourth-order valence-electron chi connectivity index (χ4n) is 5.32. The lowest BCUT2D eigenvalue weighted by Gasteiger charge is -2.29. The summed E-state index contributed by atoms with van der Waals surface area (Å²) in [6.45, 7) is 10.2. The first-order valence-electron chi connectivity index (χ1n) is 13.1. The number of carbonyl (C=O) groups excluding carboxylic acids is 3. The summed E-state index contributed by atoms with van der Waals surface area (Å²) in [4.78, 5) is 41.5. The van der Waals surface area contributed by atoms with E-state index in [1.165, 1.54) is 21.3 Å². The van der Waals surface area contributed by atoms with Crippen molar-refractivity contribution in [2.24, 2.45) is 5.92 Å². The molecule has 2 aromatic rings. The maximum atomic E-state index is 13.7. The van der Waals surface area contributed by atoms with Crippen LogP contribution in [0.2, 0.25) is 0 Å². The third-order valence-electron chi connectivity index (χ3n) is 7.33. The lowest BCUT2D eigenvalue weighted by atomic mass is 9.86. The number of amides is 2. The molecule has 0 saturated carbocycles. The summed E-state index contributed by atoms with van der Waals surface area (Å²) in [7, 11) is -3.88. The Hall–Kier alpha value is -3.04. The SMILES string of the molecule is CC(C)C[C@@H](NC(=O)c1ccc(C(C)(C)C)cc1)C(=O)N1CC[C@@H]2[C@H]1C(=O)CN2S(=O)(=O)c1ccccc1. The first-order valence-corrected chi connectivity index (χ1v) is 14.6. The van der Waals surface area contributed by atoms with Crippen molar-refractivity contribution in [3.05, 3.63) is 65.7 Å². The molecular weight excluding hydrogens is 502 g/mol. The van der Waals surface area contributed by atoms with E-state index in [1.54, 1.807) is 30.3 Å². The molecule has 0 aliphatic carbocycles. The maximum Gasteiger partial charge on any atom is 0.251 e. The number of rotatable bonds is 7. The minimum atomic E-state index is -3.88. The van der Waals surface area contributed by atoms with Crippen LogP contribution in [-0.4, -0.2) is 66.4 Å². The van der Waals surface area contributed by atoms with Crippen LogP contribution in [0.1, 0.15) is 63.4 Å². The van der Waals surface area contributed by atoms with Gasteiger partial charge in [-0.15, -0.1) is 0 Å². The van der Waals surface area contributed by atoms with Gasteiger partial charge in [0.25, 0.3) is 5.91 Å². The van der Waals surface area contributed by atoms with Gasteiger partial charge in [-0.2, -0.15) is 4.31 Å². The summed E-state index contributed by atoms with van der Waals surface area (Å²) in [5.74, 6) is -0.891. The van der Waals surface area contributed by atoms with Crippen LogP contribution in [0, 0.1) is 5.92 Å². The summed E-state index contributed by atoms with van der Waals surface area (Å²) in [5.41, 5.74) is 1.50. The Balaban J connectivity index is 1.53. The molecule has 0 unspecified atom stereocenters. The highest BCUT2D eigenvalue weighted by atomic mass is 32.2. The highest BCUT2D eigenvalue weighted by Crippen LogP contribution is 2.34. The molecule has 2 amide bonds. The van der Waals surface area contributed by atoms with Gasteiger partial charge in [-0.1, -0.05) is 65.0 Å². The Morgan fingerprint density at radius 3 is 2.24 bits per heavy atom. The molecule has 4 rings (SSSR count). The largest absolute Gasteiger partial charge is 0.340 e. The molecule has 2 heterocycles. The third kappa shape index (κ3) is 5.54. The van der Waals surface area contributed by atoms with E-state index in [-0.39, 0.29) is 46.9 Å². The van der Waals surface area contributed by atoms with Gasteiger partial charge in [0.05, 0.1) is 17.5 Å². The second-order valence-corrected chi connectivity index (χ2v) is 13.5. The van der Waals surface area contributed by atoms with Crippen molar-refractivity contribution in [3.63, 3.8) is 0 Å². The number of carbonyl (C=O) groups is 3. The van der Waals surface area contributed by atoms with Crippen LogP contribution < -0.4 is 5.32 Å². The van der Waals surface area contributed by atoms with Gasteiger partial charge in [0.2, 0.25) is 15.9 Å². The van der Waals surface area contributed by atoms with Crippen LogP contribution in [0.15, 0.2) is 59.5 Å². The molecule has 0 aromatic heterocycles. The molecule has 0 radical (unpaired) electrons. The normalized spacial score (nSPS) is 21.0. The van der Waals surface area contributed by atoms with Gasteiger partial charge in [-0.05, 0) is 54.0 Å². The highest BCUT2D eigenvalue weighted by Gasteiger charge is 2.54. The summed E-state index contributed by atoms with van der Waals surface area (Å²) in [6.07, 6.45) is 0.767. The van der Waals surface area contributed by atoms with E-state index in [2.05, 4.69) is 26.1 Å². The molecule has 2 fully saturated rings. The van der Waals surface area contributed by atoms with Crippen LogP contribution in [0.4, 0.5) is 0 Å². The first kappa shape index (κ1) is 28.0. The van der Waals surface area contributed by atoms with E-state index in [1.807, 2.05) is 26.0 Å². The number of ketones is 1. The molecule has 2 aromatic carbocycles. The molecule has 204 valence electrons. The number of fused-ring (bicyclic) bond motifs is 1. The molecule has 2 aliphatic rings. The van der Waals surface area contributed by atoms with E-state index in [0.29, 0.717) is 18.4 Å². The summed E-state index contributed by atoms with van der Waals surface area (Å²) >= 11 is 0. The Morgan fingerprint density at radius 2 is 1.66 bits per heavy atom. The van der Waals surface area contributed by atoms with Gasteiger partial charge in [0, 0.05) is 12.1 Å². The Morgan fingerprint density at radius 1 is 1.03 bits per heavy atom. The maximum absolute atomic E-state index is 13.7. The van der Waals surface area contributed by atoms with Crippen molar-refractivity contribution >= 4 is 27.6 Å². The second kappa shape index (κ2) is 10.6. The van der Waals surface area contributed by atoms with Gasteiger partial charge in [0.1, 0.15) is 12.1 Å². The Kier molecular flexibility index (Phi) is 7.81. The zero-order valence-electron chi connectivity index (χ0n) is 22.7. The van der Waals surface area contributed by atoms with Crippen molar-refractivity contribution in [1.82, 2.24) is 14.5 Å². The second-order valence-electron chi connectivity index (χ2n) is 11.6. The molecular formula is C29H37N3O5S. The minimum Gasteiger partial charge on any atom is -0.340 e. The number of hydrogen-bond acceptors (Lipinski definition) is 5. The topological polar surface area (TPSA) is 104 Å². The third-order valence-corrected chi connectivity index (χ3v) is 9.22. The predicted molar refractivity (Wildman–Crippen MR) is 145 cm³/mol. The van der Waals surface area contributed by atoms with E-state index < -0.39 is 28.1 Å². The van der Waals surface area contributed by atoms with Crippen LogP contribution in [0.3, 0.4) is 0 Å². The van der Waals surface area contributed by atoms with Crippen molar-refractivity contribution < 1.29 is 22.8 Å². The Labute approximate surface area is 225 Å². The first-order chi connectivity index (χ1) is 17.8. The van der Waals surface area contributed by atoms with Crippen molar-refractivity contribution in [2.45, 2.75) is 75.9 Å². The summed E-state index contributed by atoms with van der Waals surface area (Å²) in [5, 5.41) is 2.89. The van der Waals surface area contributed by atoms with Crippen molar-refractivity contribution in [3.8, 4) is 0 Å². The quantitative estimate of drug-likeness (QED) is 0.581. The van der Waals surface area contributed by atoms with Crippen LogP contribution >= 0.6 is 0 Å². The monoisotopic (exact) mass is 539 g/mol. The smallest absolute Gasteiger partial charge is 0.251 e. The van der Waals surface area contributed by atoms with Crippen LogP contribution in [-0.2, 0) is 25.0 Å². The lowest BCUT2D eigenvalue weighted by Crippen LogP contribution is -2.53. The van der Waals surface area contributed by atoms with E-state index in [4.69, 9.17) is 0 Å². The van der Waals surface area contributed by atoms with Crippen LogP contribution in [0.5, 0.6) is 0 Å². The number of nitrogens with zero attached hydrogens (tertiary/aromatic N) is 2. The minimum absolute atomic E-state index is 0.0485. The fraction of sp³-hybridized carbons (Fsp3) is 0.483. The summed E-state index contributed by atoms with van der Waals surface area (Å²) < 4.78 is 27.8. The van der Waals surface area contributed by atoms with Gasteiger partial charge in [-0.3, -0.25) is 14.4 Å². The van der Waals surface area contributed by atoms with Gasteiger partial charge < -0.3 is 10.2 Å². The van der Waals surface area contributed by atoms with Gasteiger partial charge in [-0.25, -0.2) is 8.42 Å². The Bertz CT molecular complexity index is 1300. The molecule has 9 heteroatoms. The van der Waals surface area contributed by atoms with Gasteiger partial charge in [0.15, 0.2) is 5.78 Å². The zero-order chi connectivity index (χ0) is 27.8. The fourth-order valence-corrected chi connectivity index (χ4v) is 6.97. The number of nitrogens with one attached hydrogen (secondary N) is 1. The molecule has 38 heavy (non-hydrogen) atoms. The molecule has 0 bridgehead atoms. The predicted octanol–water partition coefficient (Wildman–Crippen LogP) is 3.37. The molecule has 2 aliphatic heterocycles. The number of sulfonamides is 1. The summed E-state index contributed by atoms with van der Waals surface area (Å²) in [6, 6.07) is 13.1. The number of benzene rings is 2. The highest BCUT2D eigenvalue weighted by molar-refractivity contribution is 7.89. The zero-order valence-corrected chi connectivity index (χ0v) is 23.5. The standard InChI is InChI=1S/C29H37N3O5S/c1-19(2)17-23(30-27(34)20-11-13-21(14-12-20)29(3,4)5)28(35)31-16-15-24-26(31)25(33)18-32(24)38(36,37)22-9-7-6-8-10-22/h6-14,19,23-24,26H,15-18H2,1-5H3,(H,30,34)/t23-,24-,26+/m1/s1. The molecule has 2 saturated heterocycles. The molecule has 3 atom stereocenters. The van der Waals surface area contributed by atoms with E-state index in [0.717, 1.165) is 5.56 Å². The van der Waals surface area contributed by atoms with Gasteiger partial charge >= 0.3 is 0 Å². The lowest BCUT2D eigenvalue weighted by molar-refractivity contribution is -0.138. The van der Waals surface area contributed by atoms with Crippen molar-refractivity contribution in [2.75, 3.05) is 13.1 Å². The average molecular weight is 540 g/mol. The number of hydrogen-bond donors (Lipinski definition) is 1. The van der Waals surface area contributed by atoms with E-state index in [9.17, 15) is 22.8 Å². The van der Waals surface area contributed by atoms with Crippen LogP contribution in [0.25, 0.3) is 0 Å². The molecule has 8 nitrogen and oxygen atoms in total.